The normalized spacial score (nSPS) is 17.7. The second-order valence-electron chi connectivity index (χ2n) is 7.27. The highest BCUT2D eigenvalue weighted by molar-refractivity contribution is 6.32. The number of hydrogen-bond acceptors (Lipinski definition) is 4. The van der Waals surface area contributed by atoms with Crippen molar-refractivity contribution in [3.8, 4) is 5.75 Å². The molecule has 1 amide bonds. The van der Waals surface area contributed by atoms with Crippen molar-refractivity contribution >= 4 is 17.5 Å². The SMILES string of the molecule is CC(Oc1ccccc1Cl)C(=O)NC(CN1CCN(C)CC1)c1ccccc1. The monoisotopic (exact) mass is 401 g/mol. The largest absolute Gasteiger partial charge is 0.479 e. The summed E-state index contributed by atoms with van der Waals surface area (Å²) in [6.07, 6.45) is -0.640. The van der Waals surface area contributed by atoms with E-state index in [-0.39, 0.29) is 11.9 Å². The second-order valence-corrected chi connectivity index (χ2v) is 7.67. The molecule has 1 aliphatic rings. The van der Waals surface area contributed by atoms with Gasteiger partial charge in [-0.3, -0.25) is 9.69 Å². The lowest BCUT2D eigenvalue weighted by molar-refractivity contribution is -0.128. The minimum atomic E-state index is -0.640. The quantitative estimate of drug-likeness (QED) is 0.773. The summed E-state index contributed by atoms with van der Waals surface area (Å²) in [5.41, 5.74) is 1.10. The van der Waals surface area contributed by atoms with Gasteiger partial charge in [0.1, 0.15) is 5.75 Å². The molecule has 28 heavy (non-hydrogen) atoms. The van der Waals surface area contributed by atoms with Crippen LogP contribution in [0, 0.1) is 0 Å². The molecule has 0 aliphatic carbocycles. The van der Waals surface area contributed by atoms with Gasteiger partial charge in [0, 0.05) is 32.7 Å². The fourth-order valence-electron chi connectivity index (χ4n) is 3.28. The fourth-order valence-corrected chi connectivity index (χ4v) is 3.46. The van der Waals surface area contributed by atoms with Crippen LogP contribution in [0.25, 0.3) is 0 Å². The van der Waals surface area contributed by atoms with Crippen LogP contribution < -0.4 is 10.1 Å². The first-order valence-electron chi connectivity index (χ1n) is 9.70. The number of amides is 1. The predicted molar refractivity (Wildman–Crippen MR) is 113 cm³/mol. The molecule has 1 aliphatic heterocycles. The van der Waals surface area contributed by atoms with Gasteiger partial charge in [0.25, 0.3) is 5.91 Å². The van der Waals surface area contributed by atoms with Crippen LogP contribution in [-0.4, -0.2) is 61.6 Å². The first kappa shape index (κ1) is 20.6. The molecule has 0 bridgehead atoms. The van der Waals surface area contributed by atoms with Gasteiger partial charge in [-0.2, -0.15) is 0 Å². The van der Waals surface area contributed by atoms with Gasteiger partial charge < -0.3 is 15.0 Å². The number of carbonyl (C=O) groups is 1. The number of carbonyl (C=O) groups excluding carboxylic acids is 1. The van der Waals surface area contributed by atoms with Crippen LogP contribution in [0.2, 0.25) is 5.02 Å². The van der Waals surface area contributed by atoms with Crippen LogP contribution in [0.3, 0.4) is 0 Å². The lowest BCUT2D eigenvalue weighted by Gasteiger charge is -2.35. The minimum Gasteiger partial charge on any atom is -0.479 e. The zero-order valence-electron chi connectivity index (χ0n) is 16.5. The summed E-state index contributed by atoms with van der Waals surface area (Å²) in [5.74, 6) is 0.366. The third-order valence-corrected chi connectivity index (χ3v) is 5.38. The molecule has 2 unspecified atom stereocenters. The van der Waals surface area contributed by atoms with Gasteiger partial charge in [0.15, 0.2) is 6.10 Å². The molecule has 0 saturated carbocycles. The molecule has 150 valence electrons. The molecule has 1 N–H and O–H groups in total. The molecule has 2 aromatic carbocycles. The number of piperazine rings is 1. The first-order valence-corrected chi connectivity index (χ1v) is 10.1. The van der Waals surface area contributed by atoms with Crippen LogP contribution in [-0.2, 0) is 4.79 Å². The number of rotatable bonds is 7. The van der Waals surface area contributed by atoms with Crippen molar-refractivity contribution in [1.29, 1.82) is 0 Å². The summed E-state index contributed by atoms with van der Waals surface area (Å²) in [5, 5.41) is 3.67. The van der Waals surface area contributed by atoms with Crippen LogP contribution in [0.15, 0.2) is 54.6 Å². The molecule has 1 saturated heterocycles. The number of hydrogen-bond donors (Lipinski definition) is 1. The number of nitrogens with one attached hydrogen (secondary N) is 1. The lowest BCUT2D eigenvalue weighted by atomic mass is 10.1. The Bertz CT molecular complexity index is 763. The number of para-hydroxylation sites is 1. The lowest BCUT2D eigenvalue weighted by Crippen LogP contribution is -2.49. The van der Waals surface area contributed by atoms with Gasteiger partial charge in [-0.1, -0.05) is 54.1 Å². The minimum absolute atomic E-state index is 0.0885. The van der Waals surface area contributed by atoms with Gasteiger partial charge in [-0.05, 0) is 31.7 Å². The number of nitrogens with zero attached hydrogens (tertiary/aromatic N) is 2. The summed E-state index contributed by atoms with van der Waals surface area (Å²) in [7, 11) is 2.14. The highest BCUT2D eigenvalue weighted by Gasteiger charge is 2.24. The Kier molecular flexibility index (Phi) is 7.31. The van der Waals surface area contributed by atoms with E-state index in [1.807, 2.05) is 30.3 Å². The van der Waals surface area contributed by atoms with Crippen molar-refractivity contribution in [2.24, 2.45) is 0 Å². The molecule has 2 aromatic rings. The van der Waals surface area contributed by atoms with Gasteiger partial charge in [-0.15, -0.1) is 0 Å². The third-order valence-electron chi connectivity index (χ3n) is 5.06. The number of likely N-dealkylation sites (N-methyl/N-ethyl adjacent to an activating group) is 1. The summed E-state index contributed by atoms with van der Waals surface area (Å²) in [6, 6.07) is 17.2. The smallest absolute Gasteiger partial charge is 0.261 e. The maximum Gasteiger partial charge on any atom is 0.261 e. The van der Waals surface area contributed by atoms with E-state index in [1.165, 1.54) is 0 Å². The molecule has 0 radical (unpaired) electrons. The third kappa shape index (κ3) is 5.71. The van der Waals surface area contributed by atoms with Gasteiger partial charge in [0.2, 0.25) is 0 Å². The van der Waals surface area contributed by atoms with E-state index in [0.29, 0.717) is 10.8 Å². The number of benzene rings is 2. The summed E-state index contributed by atoms with van der Waals surface area (Å²) in [4.78, 5) is 17.6. The molecule has 0 aromatic heterocycles. The van der Waals surface area contributed by atoms with Crippen molar-refractivity contribution in [2.75, 3.05) is 39.8 Å². The number of halogens is 1. The van der Waals surface area contributed by atoms with Crippen LogP contribution in [0.5, 0.6) is 5.75 Å². The highest BCUT2D eigenvalue weighted by Crippen LogP contribution is 2.24. The zero-order chi connectivity index (χ0) is 19.9. The van der Waals surface area contributed by atoms with E-state index in [0.717, 1.165) is 38.3 Å². The Morgan fingerprint density at radius 2 is 1.71 bits per heavy atom. The maximum atomic E-state index is 12.8. The van der Waals surface area contributed by atoms with E-state index in [4.69, 9.17) is 16.3 Å². The van der Waals surface area contributed by atoms with Crippen LogP contribution in [0.1, 0.15) is 18.5 Å². The molecule has 6 heteroatoms. The summed E-state index contributed by atoms with van der Waals surface area (Å²) < 4.78 is 5.78. The van der Waals surface area contributed by atoms with Crippen molar-refractivity contribution in [3.63, 3.8) is 0 Å². The van der Waals surface area contributed by atoms with Crippen molar-refractivity contribution < 1.29 is 9.53 Å². The Morgan fingerprint density at radius 3 is 2.39 bits per heavy atom. The fraction of sp³-hybridized carbons (Fsp3) is 0.409. The average molecular weight is 402 g/mol. The van der Waals surface area contributed by atoms with Crippen molar-refractivity contribution in [3.05, 3.63) is 65.2 Å². The van der Waals surface area contributed by atoms with E-state index in [9.17, 15) is 4.79 Å². The van der Waals surface area contributed by atoms with Gasteiger partial charge >= 0.3 is 0 Å². The Balaban J connectivity index is 1.66. The summed E-state index contributed by atoms with van der Waals surface area (Å²) >= 11 is 6.15. The average Bonchev–Trinajstić information content (AvgIpc) is 2.71. The Labute approximate surface area is 172 Å². The molecule has 5 nitrogen and oxygen atoms in total. The standard InChI is InChI=1S/C22H28ClN3O2/c1-17(28-21-11-7-6-10-19(21)23)22(27)24-20(18-8-4-3-5-9-18)16-26-14-12-25(2)13-15-26/h3-11,17,20H,12-16H2,1-2H3,(H,24,27). The Morgan fingerprint density at radius 1 is 1.07 bits per heavy atom. The van der Waals surface area contributed by atoms with Crippen molar-refractivity contribution in [2.45, 2.75) is 19.1 Å². The molecule has 1 fully saturated rings. The second kappa shape index (κ2) is 9.92. The molecular formula is C22H28ClN3O2. The van der Waals surface area contributed by atoms with Crippen LogP contribution >= 0.6 is 11.6 Å². The molecule has 1 heterocycles. The van der Waals surface area contributed by atoms with Crippen LogP contribution in [0.4, 0.5) is 0 Å². The molecule has 3 rings (SSSR count). The molecule has 0 spiro atoms. The highest BCUT2D eigenvalue weighted by atomic mass is 35.5. The van der Waals surface area contributed by atoms with E-state index >= 15 is 0 Å². The topological polar surface area (TPSA) is 44.8 Å². The van der Waals surface area contributed by atoms with E-state index < -0.39 is 6.10 Å². The van der Waals surface area contributed by atoms with E-state index in [2.05, 4.69) is 34.3 Å². The van der Waals surface area contributed by atoms with Crippen molar-refractivity contribution in [1.82, 2.24) is 15.1 Å². The maximum absolute atomic E-state index is 12.8. The first-order chi connectivity index (χ1) is 13.5. The molecule has 2 atom stereocenters. The Hall–Kier alpha value is -2.08. The molecular weight excluding hydrogens is 374 g/mol. The summed E-state index contributed by atoms with van der Waals surface area (Å²) in [6.45, 7) is 6.62. The van der Waals surface area contributed by atoms with Gasteiger partial charge in [-0.25, -0.2) is 0 Å². The zero-order valence-corrected chi connectivity index (χ0v) is 17.2. The van der Waals surface area contributed by atoms with Gasteiger partial charge in [0.05, 0.1) is 11.1 Å². The number of ether oxygens (including phenoxy) is 1. The predicted octanol–water partition coefficient (Wildman–Crippen LogP) is 3.21. The van der Waals surface area contributed by atoms with E-state index in [1.54, 1.807) is 19.1 Å².